The number of thiophene rings is 1. The number of hydrogen-bond donors (Lipinski definition) is 0. The maximum atomic E-state index is 6.89. The quantitative estimate of drug-likeness (QED) is 0.134. The summed E-state index contributed by atoms with van der Waals surface area (Å²) in [5.41, 5.74) is 12.4. The van der Waals surface area contributed by atoms with E-state index in [1.54, 1.807) is 11.3 Å². The zero-order valence-corrected chi connectivity index (χ0v) is 24.5. The molecule has 4 heteroatoms. The average Bonchev–Trinajstić information content (AvgIpc) is 3.65. The predicted octanol–water partition coefficient (Wildman–Crippen LogP) is 8.78. The van der Waals surface area contributed by atoms with E-state index in [1.807, 2.05) is 0 Å². The average molecular weight is 563 g/mol. The Morgan fingerprint density at radius 3 is 2.62 bits per heavy atom. The minimum atomic E-state index is 0.224. The van der Waals surface area contributed by atoms with E-state index < -0.39 is 0 Å². The van der Waals surface area contributed by atoms with Crippen LogP contribution in [0.2, 0.25) is 0 Å². The van der Waals surface area contributed by atoms with Crippen molar-refractivity contribution in [1.29, 1.82) is 0 Å². The van der Waals surface area contributed by atoms with Crippen LogP contribution in [0.4, 0.5) is 0 Å². The van der Waals surface area contributed by atoms with Gasteiger partial charge in [0.25, 0.3) is 0 Å². The van der Waals surface area contributed by atoms with Crippen molar-refractivity contribution in [1.82, 2.24) is 0 Å². The number of furan rings is 1. The highest BCUT2D eigenvalue weighted by molar-refractivity contribution is 7.17. The van der Waals surface area contributed by atoms with Gasteiger partial charge in [0.15, 0.2) is 25.0 Å². The molecule has 0 amide bonds. The molecule has 0 bridgehead atoms. The van der Waals surface area contributed by atoms with Gasteiger partial charge in [-0.15, -0.1) is 11.3 Å². The Morgan fingerprint density at radius 1 is 0.810 bits per heavy atom. The highest BCUT2D eigenvalue weighted by Crippen LogP contribution is 2.43. The Hall–Kier alpha value is -4.54. The highest BCUT2D eigenvalue weighted by atomic mass is 32.1. The molecule has 0 saturated heterocycles. The monoisotopic (exact) mass is 562 g/mol. The lowest BCUT2D eigenvalue weighted by Crippen LogP contribution is -2.51. The van der Waals surface area contributed by atoms with Crippen molar-refractivity contribution >= 4 is 43.4 Å². The molecule has 0 radical (unpaired) electrons. The first-order valence-corrected chi connectivity index (χ1v) is 15.6. The van der Waals surface area contributed by atoms with Crippen LogP contribution in [0.25, 0.3) is 54.5 Å². The molecule has 0 spiro atoms. The summed E-state index contributed by atoms with van der Waals surface area (Å²) in [5.74, 6) is 0.282. The molecule has 2 unspecified atom stereocenters. The van der Waals surface area contributed by atoms with Crippen LogP contribution in [0.15, 0.2) is 113 Å². The van der Waals surface area contributed by atoms with E-state index >= 15 is 0 Å². The Bertz CT molecular complexity index is 2250. The molecule has 202 valence electrons. The molecule has 9 rings (SSSR count). The molecule has 0 fully saturated rings. The number of aromatic nitrogens is 2. The Kier molecular flexibility index (Phi) is 5.15. The lowest BCUT2D eigenvalue weighted by Gasteiger charge is -2.28. The molecule has 0 aliphatic carbocycles. The van der Waals surface area contributed by atoms with Crippen molar-refractivity contribution in [3.8, 4) is 22.5 Å². The summed E-state index contributed by atoms with van der Waals surface area (Å²) in [5, 5.41) is 5.74. The van der Waals surface area contributed by atoms with Crippen LogP contribution < -0.4 is 9.13 Å². The van der Waals surface area contributed by atoms with Gasteiger partial charge in [0, 0.05) is 44.6 Å². The van der Waals surface area contributed by atoms with Crippen molar-refractivity contribution in [2.75, 3.05) is 0 Å². The van der Waals surface area contributed by atoms with Gasteiger partial charge in [-0.2, -0.15) is 9.13 Å². The van der Waals surface area contributed by atoms with Gasteiger partial charge in [-0.25, -0.2) is 0 Å². The third kappa shape index (κ3) is 3.39. The van der Waals surface area contributed by atoms with E-state index in [9.17, 15) is 0 Å². The molecular formula is C38H30N2OS+2. The third-order valence-corrected chi connectivity index (χ3v) is 10.4. The zero-order chi connectivity index (χ0) is 27.9. The number of hydrogen-bond acceptors (Lipinski definition) is 2. The maximum absolute atomic E-state index is 6.89. The molecule has 2 atom stereocenters. The maximum Gasteiger partial charge on any atom is 0.216 e. The highest BCUT2D eigenvalue weighted by Gasteiger charge is 2.41. The van der Waals surface area contributed by atoms with Gasteiger partial charge < -0.3 is 4.42 Å². The van der Waals surface area contributed by atoms with Crippen LogP contribution in [-0.4, -0.2) is 0 Å². The number of rotatable bonds is 0. The number of pyridine rings is 2. The molecule has 6 heterocycles. The second-order valence-corrected chi connectivity index (χ2v) is 12.8. The molecule has 0 N–H and O–H groups in total. The van der Waals surface area contributed by atoms with Crippen LogP contribution in [0, 0.1) is 13.8 Å². The first-order valence-electron chi connectivity index (χ1n) is 14.8. The Labute approximate surface area is 248 Å². The first kappa shape index (κ1) is 24.1. The fraction of sp³-hybridized carbons (Fsp3) is 0.158. The van der Waals surface area contributed by atoms with Gasteiger partial charge in [0.2, 0.25) is 11.4 Å². The smallest absolute Gasteiger partial charge is 0.216 e. The summed E-state index contributed by atoms with van der Waals surface area (Å²) < 4.78 is 13.1. The van der Waals surface area contributed by atoms with Gasteiger partial charge in [-0.1, -0.05) is 36.4 Å². The van der Waals surface area contributed by atoms with Crippen molar-refractivity contribution in [2.24, 2.45) is 0 Å². The van der Waals surface area contributed by atoms with Gasteiger partial charge in [-0.05, 0) is 78.7 Å². The number of allylic oxidation sites excluding steroid dienone is 2. The van der Waals surface area contributed by atoms with Gasteiger partial charge in [0.05, 0.1) is 11.1 Å². The van der Waals surface area contributed by atoms with Gasteiger partial charge in [0.1, 0.15) is 17.1 Å². The van der Waals surface area contributed by atoms with Crippen LogP contribution in [0.5, 0.6) is 0 Å². The van der Waals surface area contributed by atoms with Gasteiger partial charge >= 0.3 is 0 Å². The summed E-state index contributed by atoms with van der Waals surface area (Å²) in [6.45, 7) is 5.33. The summed E-state index contributed by atoms with van der Waals surface area (Å²) in [6, 6.07) is 29.4. The number of fused-ring (bicyclic) bond motifs is 15. The van der Waals surface area contributed by atoms with E-state index in [0.717, 1.165) is 24.1 Å². The van der Waals surface area contributed by atoms with Crippen molar-refractivity contribution in [3.63, 3.8) is 0 Å². The molecule has 42 heavy (non-hydrogen) atoms. The fourth-order valence-corrected chi connectivity index (χ4v) is 8.15. The molecule has 2 aliphatic rings. The lowest BCUT2D eigenvalue weighted by atomic mass is 9.81. The van der Waals surface area contributed by atoms with Crippen LogP contribution >= 0.6 is 11.3 Å². The largest absolute Gasteiger partial charge is 0.454 e. The van der Waals surface area contributed by atoms with E-state index in [2.05, 4.69) is 132 Å². The normalized spacial score (nSPS) is 18.2. The minimum absolute atomic E-state index is 0.224. The molecular weight excluding hydrogens is 532 g/mol. The standard InChI is InChI=1S/C38H30N2OS/c1-23-20-34-36-25(13-14-29-28-15-16-35-30(17-19-42-35)37(28)41-38(29)36)8-7-12-33-31(22-39(34)21-24(23)2)26-9-3-4-10-27(26)32-11-5-6-18-40(32)33/h3-7,9-21,31,33H,8,22H2,1-2H3/q+2/b12-7+. The van der Waals surface area contributed by atoms with Crippen LogP contribution in [0.3, 0.4) is 0 Å². The SMILES string of the molecule is Cc1cc2[n+](cc1C)CC1c3ccccc3-c3cccc[n+]3C1/C=C/Cc1ccc3c(oc4c5ccsc5ccc34)c1-2. The fourth-order valence-electron chi connectivity index (χ4n) is 7.36. The number of nitrogens with zero attached hydrogens (tertiary/aromatic N) is 2. The Balaban J connectivity index is 1.35. The summed E-state index contributed by atoms with van der Waals surface area (Å²) in [7, 11) is 0. The molecule has 4 aromatic heterocycles. The second-order valence-electron chi connectivity index (χ2n) is 11.8. The molecule has 2 aliphatic heterocycles. The summed E-state index contributed by atoms with van der Waals surface area (Å²) >= 11 is 1.77. The minimum Gasteiger partial charge on any atom is -0.454 e. The Morgan fingerprint density at radius 2 is 1.67 bits per heavy atom. The number of benzene rings is 3. The summed E-state index contributed by atoms with van der Waals surface area (Å²) in [4.78, 5) is 0. The molecule has 3 aromatic carbocycles. The van der Waals surface area contributed by atoms with Crippen LogP contribution in [-0.2, 0) is 13.0 Å². The number of aryl methyl sites for hydroxylation is 2. The van der Waals surface area contributed by atoms with Crippen molar-refractivity contribution in [3.05, 3.63) is 131 Å². The van der Waals surface area contributed by atoms with E-state index in [1.165, 1.54) is 65.6 Å². The topological polar surface area (TPSA) is 20.9 Å². The van der Waals surface area contributed by atoms with Crippen molar-refractivity contribution < 1.29 is 13.6 Å². The van der Waals surface area contributed by atoms with Crippen LogP contribution in [0.1, 0.15) is 34.2 Å². The summed E-state index contributed by atoms with van der Waals surface area (Å²) in [6.07, 6.45) is 10.3. The molecule has 3 nitrogen and oxygen atoms in total. The van der Waals surface area contributed by atoms with Gasteiger partial charge in [-0.3, -0.25) is 0 Å². The predicted molar refractivity (Wildman–Crippen MR) is 171 cm³/mol. The first-order chi connectivity index (χ1) is 20.7. The zero-order valence-electron chi connectivity index (χ0n) is 23.7. The third-order valence-electron chi connectivity index (χ3n) is 9.54. The van der Waals surface area contributed by atoms with E-state index in [0.29, 0.717) is 0 Å². The molecule has 0 saturated carbocycles. The second kappa shape index (κ2) is 8.98. The van der Waals surface area contributed by atoms with Crippen molar-refractivity contribution in [2.45, 2.75) is 38.8 Å². The molecule has 7 aromatic rings. The lowest BCUT2D eigenvalue weighted by molar-refractivity contribution is -0.733. The van der Waals surface area contributed by atoms with E-state index in [-0.39, 0.29) is 12.0 Å². The van der Waals surface area contributed by atoms with E-state index in [4.69, 9.17) is 4.42 Å².